The van der Waals surface area contributed by atoms with Crippen molar-refractivity contribution in [3.8, 4) is 0 Å². The van der Waals surface area contributed by atoms with Gasteiger partial charge in [0, 0.05) is 12.3 Å². The van der Waals surface area contributed by atoms with Crippen LogP contribution in [0.25, 0.3) is 0 Å². The third kappa shape index (κ3) is 6.72. The highest BCUT2D eigenvalue weighted by molar-refractivity contribution is 5.83. The van der Waals surface area contributed by atoms with Gasteiger partial charge in [-0.2, -0.15) is 0 Å². The fourth-order valence-corrected chi connectivity index (χ4v) is 2.53. The minimum atomic E-state index is 0.153. The van der Waals surface area contributed by atoms with Gasteiger partial charge in [-0.05, 0) is 38.9 Å². The molecule has 0 spiro atoms. The third-order valence-corrected chi connectivity index (χ3v) is 3.94. The van der Waals surface area contributed by atoms with Gasteiger partial charge in [0.25, 0.3) is 0 Å². The van der Waals surface area contributed by atoms with Gasteiger partial charge in [-0.3, -0.25) is 4.79 Å². The first-order valence-electron chi connectivity index (χ1n) is 7.86. The molecule has 1 unspecified atom stereocenters. The lowest BCUT2D eigenvalue weighted by atomic mass is 9.93. The lowest BCUT2D eigenvalue weighted by Gasteiger charge is -2.17. The first-order chi connectivity index (χ1) is 9.27. The Kier molecular flexibility index (Phi) is 8.48. The summed E-state index contributed by atoms with van der Waals surface area (Å²) in [7, 11) is 0. The first-order valence-corrected chi connectivity index (χ1v) is 7.86. The van der Waals surface area contributed by atoms with E-state index in [1.54, 1.807) is 0 Å². The molecule has 2 heteroatoms. The molecule has 0 aromatic carbocycles. The second-order valence-electron chi connectivity index (χ2n) is 5.31. The summed E-state index contributed by atoms with van der Waals surface area (Å²) < 4.78 is 0. The summed E-state index contributed by atoms with van der Waals surface area (Å²) in [6.45, 7) is 7.94. The van der Waals surface area contributed by atoms with E-state index in [9.17, 15) is 4.79 Å². The number of hydrogen-bond acceptors (Lipinski definition) is 2. The molecule has 0 N–H and O–H groups in total. The van der Waals surface area contributed by atoms with E-state index < -0.39 is 0 Å². The number of hydrogen-bond donors (Lipinski definition) is 0. The minimum absolute atomic E-state index is 0.153. The number of rotatable bonds is 10. The fraction of sp³-hybridized carbons (Fsp3) is 0.706. The molecule has 0 heterocycles. The molecule has 1 rings (SSSR count). The minimum Gasteiger partial charge on any atom is -0.304 e. The zero-order valence-electron chi connectivity index (χ0n) is 12.6. The van der Waals surface area contributed by atoms with Crippen LogP contribution in [-0.4, -0.2) is 30.3 Å². The van der Waals surface area contributed by atoms with Gasteiger partial charge in [-0.15, -0.1) is 0 Å². The lowest BCUT2D eigenvalue weighted by Crippen LogP contribution is -2.23. The molecule has 2 nitrogen and oxygen atoms in total. The molecule has 19 heavy (non-hydrogen) atoms. The molecule has 0 aromatic rings. The van der Waals surface area contributed by atoms with Crippen LogP contribution in [0.15, 0.2) is 24.3 Å². The fourth-order valence-electron chi connectivity index (χ4n) is 2.53. The Labute approximate surface area is 118 Å². The molecule has 0 radical (unpaired) electrons. The van der Waals surface area contributed by atoms with Crippen molar-refractivity contribution in [1.82, 2.24) is 4.90 Å². The van der Waals surface area contributed by atoms with Gasteiger partial charge in [0.1, 0.15) is 5.78 Å². The Morgan fingerprint density at radius 1 is 1.11 bits per heavy atom. The number of nitrogens with zero attached hydrogens (tertiary/aromatic N) is 1. The van der Waals surface area contributed by atoms with Gasteiger partial charge in [-0.25, -0.2) is 0 Å². The molecule has 1 aliphatic carbocycles. The van der Waals surface area contributed by atoms with E-state index in [1.807, 2.05) is 18.2 Å². The summed E-state index contributed by atoms with van der Waals surface area (Å²) in [4.78, 5) is 14.4. The average molecular weight is 263 g/mol. The summed E-state index contributed by atoms with van der Waals surface area (Å²) in [6.07, 6.45) is 14.6. The summed E-state index contributed by atoms with van der Waals surface area (Å²) in [5.41, 5.74) is 0. The van der Waals surface area contributed by atoms with Crippen LogP contribution in [0.5, 0.6) is 0 Å². The smallest absolute Gasteiger partial charge is 0.140 e. The maximum atomic E-state index is 11.9. The van der Waals surface area contributed by atoms with Crippen LogP contribution in [0, 0.1) is 5.92 Å². The SMILES string of the molecule is CCN(CC)CCCCCCC(=O)C1C=CC=CC1. The van der Waals surface area contributed by atoms with E-state index in [0.717, 1.165) is 32.4 Å². The highest BCUT2D eigenvalue weighted by Gasteiger charge is 2.14. The molecule has 0 saturated carbocycles. The number of unbranched alkanes of at least 4 members (excludes halogenated alkanes) is 3. The van der Waals surface area contributed by atoms with E-state index in [-0.39, 0.29) is 5.92 Å². The Balaban J connectivity index is 2.00. The average Bonchev–Trinajstić information content (AvgIpc) is 2.47. The Hall–Kier alpha value is -0.890. The van der Waals surface area contributed by atoms with Gasteiger partial charge >= 0.3 is 0 Å². The molecular weight excluding hydrogens is 234 g/mol. The standard InChI is InChI=1S/C17H29NO/c1-3-18(4-2)15-11-6-5-10-14-17(19)16-12-8-7-9-13-16/h7-9,12,16H,3-6,10-11,13-15H2,1-2H3. The molecule has 0 aliphatic heterocycles. The number of ketones is 1. The van der Waals surface area contributed by atoms with E-state index >= 15 is 0 Å². The van der Waals surface area contributed by atoms with Crippen molar-refractivity contribution >= 4 is 5.78 Å². The van der Waals surface area contributed by atoms with Crippen molar-refractivity contribution < 1.29 is 4.79 Å². The number of carbonyl (C=O) groups is 1. The highest BCUT2D eigenvalue weighted by atomic mass is 16.1. The van der Waals surface area contributed by atoms with Crippen molar-refractivity contribution in [1.29, 1.82) is 0 Å². The van der Waals surface area contributed by atoms with Crippen LogP contribution in [-0.2, 0) is 4.79 Å². The molecule has 108 valence electrons. The molecule has 0 fully saturated rings. The van der Waals surface area contributed by atoms with Crippen molar-refractivity contribution in [2.75, 3.05) is 19.6 Å². The van der Waals surface area contributed by atoms with Gasteiger partial charge in [0.15, 0.2) is 0 Å². The molecule has 0 aromatic heterocycles. The highest BCUT2D eigenvalue weighted by Crippen LogP contribution is 2.16. The molecule has 0 bridgehead atoms. The number of carbonyl (C=O) groups excluding carboxylic acids is 1. The van der Waals surface area contributed by atoms with Crippen LogP contribution < -0.4 is 0 Å². The monoisotopic (exact) mass is 263 g/mol. The van der Waals surface area contributed by atoms with Crippen LogP contribution >= 0.6 is 0 Å². The van der Waals surface area contributed by atoms with Crippen molar-refractivity contribution in [3.05, 3.63) is 24.3 Å². The molecule has 0 saturated heterocycles. The van der Waals surface area contributed by atoms with E-state index in [1.165, 1.54) is 25.8 Å². The van der Waals surface area contributed by atoms with Crippen LogP contribution in [0.1, 0.15) is 52.4 Å². The zero-order valence-corrected chi connectivity index (χ0v) is 12.6. The van der Waals surface area contributed by atoms with Crippen molar-refractivity contribution in [2.24, 2.45) is 5.92 Å². The van der Waals surface area contributed by atoms with Gasteiger partial charge < -0.3 is 4.90 Å². The maximum absolute atomic E-state index is 11.9. The Morgan fingerprint density at radius 3 is 2.47 bits per heavy atom. The van der Waals surface area contributed by atoms with Gasteiger partial charge in [-0.1, -0.05) is 51.0 Å². The van der Waals surface area contributed by atoms with Crippen molar-refractivity contribution in [2.45, 2.75) is 52.4 Å². The molecular formula is C17H29NO. The Bertz CT molecular complexity index is 302. The third-order valence-electron chi connectivity index (χ3n) is 3.94. The van der Waals surface area contributed by atoms with E-state index in [0.29, 0.717) is 5.78 Å². The normalized spacial score (nSPS) is 18.2. The second kappa shape index (κ2) is 9.96. The maximum Gasteiger partial charge on any atom is 0.140 e. The molecule has 1 atom stereocenters. The van der Waals surface area contributed by atoms with Gasteiger partial charge in [0.2, 0.25) is 0 Å². The quantitative estimate of drug-likeness (QED) is 0.556. The number of allylic oxidation sites excluding steroid dienone is 4. The van der Waals surface area contributed by atoms with Crippen LogP contribution in [0.2, 0.25) is 0 Å². The topological polar surface area (TPSA) is 20.3 Å². The summed E-state index contributed by atoms with van der Waals surface area (Å²) in [5, 5.41) is 0. The van der Waals surface area contributed by atoms with E-state index in [4.69, 9.17) is 0 Å². The number of Topliss-reactive ketones (excluding diaryl/α,β-unsaturated/α-hetero) is 1. The Morgan fingerprint density at radius 2 is 1.84 bits per heavy atom. The molecule has 0 amide bonds. The summed E-state index contributed by atoms with van der Waals surface area (Å²) in [6, 6.07) is 0. The second-order valence-corrected chi connectivity index (χ2v) is 5.31. The zero-order chi connectivity index (χ0) is 13.9. The van der Waals surface area contributed by atoms with Crippen LogP contribution in [0.4, 0.5) is 0 Å². The first kappa shape index (κ1) is 16.2. The largest absolute Gasteiger partial charge is 0.304 e. The summed E-state index contributed by atoms with van der Waals surface area (Å²) >= 11 is 0. The lowest BCUT2D eigenvalue weighted by molar-refractivity contribution is -0.121. The summed E-state index contributed by atoms with van der Waals surface area (Å²) in [5.74, 6) is 0.574. The van der Waals surface area contributed by atoms with Crippen molar-refractivity contribution in [3.63, 3.8) is 0 Å². The predicted molar refractivity (Wildman–Crippen MR) is 82.3 cm³/mol. The van der Waals surface area contributed by atoms with Gasteiger partial charge in [0.05, 0.1) is 0 Å². The predicted octanol–water partition coefficient (Wildman–Crippen LogP) is 3.98. The van der Waals surface area contributed by atoms with E-state index in [2.05, 4.69) is 24.8 Å². The molecule has 1 aliphatic rings. The van der Waals surface area contributed by atoms with Crippen LogP contribution in [0.3, 0.4) is 0 Å².